The van der Waals surface area contributed by atoms with Crippen molar-refractivity contribution in [2.24, 2.45) is 35.5 Å². The number of nitrogens with one attached hydrogen (secondary N) is 2. The maximum absolute atomic E-state index is 12.5. The van der Waals surface area contributed by atoms with Gasteiger partial charge in [-0.2, -0.15) is 0 Å². The minimum absolute atomic E-state index is 0.0116. The minimum atomic E-state index is -0.145. The van der Waals surface area contributed by atoms with E-state index in [1.54, 1.807) is 0 Å². The van der Waals surface area contributed by atoms with Crippen LogP contribution in [0.4, 0.5) is 0 Å². The van der Waals surface area contributed by atoms with Gasteiger partial charge >= 0.3 is 0 Å². The zero-order chi connectivity index (χ0) is 16.1. The molecule has 0 aromatic heterocycles. The second-order valence-corrected chi connectivity index (χ2v) is 7.33. The molecule has 0 aromatic rings. The summed E-state index contributed by atoms with van der Waals surface area (Å²) in [5, 5.41) is 6.04. The van der Waals surface area contributed by atoms with E-state index in [9.17, 15) is 14.4 Å². The number of likely N-dealkylation sites (tertiary alicyclic amines) is 1. The lowest BCUT2D eigenvalue weighted by Crippen LogP contribution is -2.50. The maximum atomic E-state index is 12.5. The summed E-state index contributed by atoms with van der Waals surface area (Å²) in [4.78, 5) is 38.5. The molecule has 1 saturated carbocycles. The van der Waals surface area contributed by atoms with Gasteiger partial charge in [0.15, 0.2) is 0 Å². The highest BCUT2D eigenvalue weighted by Crippen LogP contribution is 2.52. The molecule has 23 heavy (non-hydrogen) atoms. The summed E-state index contributed by atoms with van der Waals surface area (Å²) in [6.07, 6.45) is 5.14. The first kappa shape index (κ1) is 14.9. The second kappa shape index (κ2) is 5.44. The van der Waals surface area contributed by atoms with Crippen molar-refractivity contribution >= 4 is 17.7 Å². The van der Waals surface area contributed by atoms with Crippen LogP contribution in [0, 0.1) is 35.5 Å². The molecule has 2 bridgehead atoms. The number of carbonyl (C=O) groups is 3. The predicted octanol–water partition coefficient (Wildman–Crippen LogP) is -0.235. The minimum Gasteiger partial charge on any atom is -0.354 e. The lowest BCUT2D eigenvalue weighted by atomic mass is 9.85. The van der Waals surface area contributed by atoms with Crippen molar-refractivity contribution in [1.29, 1.82) is 0 Å². The fourth-order valence-electron chi connectivity index (χ4n) is 4.51. The quantitative estimate of drug-likeness (QED) is 0.542. The van der Waals surface area contributed by atoms with Gasteiger partial charge in [0.05, 0.1) is 11.8 Å². The van der Waals surface area contributed by atoms with Gasteiger partial charge in [0.1, 0.15) is 0 Å². The van der Waals surface area contributed by atoms with Gasteiger partial charge in [-0.15, -0.1) is 0 Å². The molecular formula is C17H23N3O3. The molecule has 2 heterocycles. The van der Waals surface area contributed by atoms with Crippen molar-refractivity contribution in [3.8, 4) is 0 Å². The molecule has 0 spiro atoms. The van der Waals surface area contributed by atoms with Crippen molar-refractivity contribution in [1.82, 2.24) is 15.5 Å². The van der Waals surface area contributed by atoms with E-state index >= 15 is 0 Å². The van der Waals surface area contributed by atoms with Crippen LogP contribution in [0.1, 0.15) is 13.3 Å². The van der Waals surface area contributed by atoms with E-state index in [1.165, 1.54) is 4.90 Å². The highest BCUT2D eigenvalue weighted by Gasteiger charge is 2.58. The summed E-state index contributed by atoms with van der Waals surface area (Å²) in [6.45, 7) is 4.35. The Morgan fingerprint density at radius 2 is 1.87 bits per heavy atom. The number of amides is 3. The third-order valence-corrected chi connectivity index (χ3v) is 6.13. The van der Waals surface area contributed by atoms with Gasteiger partial charge in [0.25, 0.3) is 0 Å². The largest absolute Gasteiger partial charge is 0.354 e. The summed E-state index contributed by atoms with van der Waals surface area (Å²) >= 11 is 0. The molecule has 2 N–H and O–H groups in total. The number of carbonyl (C=O) groups excluding carboxylic acids is 3. The van der Waals surface area contributed by atoms with Crippen molar-refractivity contribution in [2.75, 3.05) is 26.2 Å². The molecule has 3 amide bonds. The number of nitrogens with zero attached hydrogens (tertiary/aromatic N) is 1. The first-order valence-corrected chi connectivity index (χ1v) is 8.60. The average molecular weight is 317 g/mol. The molecule has 2 aliphatic carbocycles. The van der Waals surface area contributed by atoms with Crippen LogP contribution in [0.25, 0.3) is 0 Å². The van der Waals surface area contributed by atoms with Crippen LogP contribution in [-0.4, -0.2) is 48.8 Å². The zero-order valence-electron chi connectivity index (χ0n) is 13.3. The monoisotopic (exact) mass is 317 g/mol. The van der Waals surface area contributed by atoms with E-state index in [4.69, 9.17) is 0 Å². The van der Waals surface area contributed by atoms with E-state index in [1.807, 2.05) is 6.92 Å². The van der Waals surface area contributed by atoms with Crippen LogP contribution < -0.4 is 10.6 Å². The number of imide groups is 1. The highest BCUT2D eigenvalue weighted by atomic mass is 16.2. The lowest BCUT2D eigenvalue weighted by Gasteiger charge is -2.31. The number of rotatable bonds is 5. The fourth-order valence-corrected chi connectivity index (χ4v) is 4.51. The van der Waals surface area contributed by atoms with Crippen molar-refractivity contribution in [3.05, 3.63) is 12.2 Å². The Morgan fingerprint density at radius 3 is 2.39 bits per heavy atom. The summed E-state index contributed by atoms with van der Waals surface area (Å²) in [7, 11) is 0. The summed E-state index contributed by atoms with van der Waals surface area (Å²) in [6, 6.07) is 0. The smallest absolute Gasteiger partial charge is 0.233 e. The Balaban J connectivity index is 1.31. The third kappa shape index (κ3) is 2.23. The summed E-state index contributed by atoms with van der Waals surface area (Å²) in [5.41, 5.74) is 0. The van der Waals surface area contributed by atoms with Gasteiger partial charge in [0.2, 0.25) is 17.7 Å². The first-order valence-electron chi connectivity index (χ1n) is 8.60. The maximum Gasteiger partial charge on any atom is 0.233 e. The van der Waals surface area contributed by atoms with E-state index in [0.717, 1.165) is 19.5 Å². The van der Waals surface area contributed by atoms with Gasteiger partial charge in [0, 0.05) is 19.0 Å². The van der Waals surface area contributed by atoms with E-state index in [0.29, 0.717) is 19.0 Å². The molecular weight excluding hydrogens is 294 g/mol. The molecule has 4 rings (SSSR count). The van der Waals surface area contributed by atoms with E-state index in [2.05, 4.69) is 22.8 Å². The predicted molar refractivity (Wildman–Crippen MR) is 83.0 cm³/mol. The molecule has 2 aliphatic heterocycles. The standard InChI is InChI=1S/C17H23N3O3/c1-9(12-7-18-8-12)15(21)19-4-5-20-16(22)13-10-2-3-11(6-10)14(13)17(20)23/h2-3,9-14,18H,4-8H2,1H3,(H,19,21). The lowest BCUT2D eigenvalue weighted by molar-refractivity contribution is -0.141. The van der Waals surface area contributed by atoms with E-state index in [-0.39, 0.29) is 47.3 Å². The average Bonchev–Trinajstić information content (AvgIpc) is 3.14. The third-order valence-electron chi connectivity index (χ3n) is 6.13. The Morgan fingerprint density at radius 1 is 1.26 bits per heavy atom. The summed E-state index contributed by atoms with van der Waals surface area (Å²) in [5.74, 6) is 0.495. The molecule has 5 unspecified atom stereocenters. The molecule has 4 aliphatic rings. The summed E-state index contributed by atoms with van der Waals surface area (Å²) < 4.78 is 0. The van der Waals surface area contributed by atoms with Crippen molar-refractivity contribution < 1.29 is 14.4 Å². The molecule has 6 nitrogen and oxygen atoms in total. The number of fused-ring (bicyclic) bond motifs is 5. The second-order valence-electron chi connectivity index (χ2n) is 7.33. The van der Waals surface area contributed by atoms with Crippen LogP contribution in [0.15, 0.2) is 12.2 Å². The van der Waals surface area contributed by atoms with Crippen molar-refractivity contribution in [3.63, 3.8) is 0 Å². The molecule has 0 aromatic carbocycles. The van der Waals surface area contributed by atoms with Gasteiger partial charge < -0.3 is 10.6 Å². The van der Waals surface area contributed by atoms with Crippen LogP contribution in [0.2, 0.25) is 0 Å². The topological polar surface area (TPSA) is 78.5 Å². The van der Waals surface area contributed by atoms with Gasteiger partial charge in [-0.3, -0.25) is 19.3 Å². The molecule has 3 fully saturated rings. The normalized spacial score (nSPS) is 36.3. The van der Waals surface area contributed by atoms with Crippen LogP contribution in [0.5, 0.6) is 0 Å². The highest BCUT2D eigenvalue weighted by molar-refractivity contribution is 6.06. The number of allylic oxidation sites excluding steroid dienone is 2. The molecule has 6 heteroatoms. The Hall–Kier alpha value is -1.69. The number of hydrogen-bond acceptors (Lipinski definition) is 4. The van der Waals surface area contributed by atoms with Crippen LogP contribution in [-0.2, 0) is 14.4 Å². The molecule has 2 saturated heterocycles. The Bertz CT molecular complexity index is 554. The Kier molecular flexibility index (Phi) is 3.52. The Labute approximate surface area is 135 Å². The zero-order valence-corrected chi connectivity index (χ0v) is 13.3. The van der Waals surface area contributed by atoms with Crippen molar-refractivity contribution in [2.45, 2.75) is 13.3 Å². The molecule has 124 valence electrons. The van der Waals surface area contributed by atoms with Gasteiger partial charge in [-0.25, -0.2) is 0 Å². The van der Waals surface area contributed by atoms with Gasteiger partial charge in [-0.1, -0.05) is 19.1 Å². The number of hydrogen-bond donors (Lipinski definition) is 2. The van der Waals surface area contributed by atoms with Crippen LogP contribution in [0.3, 0.4) is 0 Å². The first-order chi connectivity index (χ1) is 11.1. The van der Waals surface area contributed by atoms with Gasteiger partial charge in [-0.05, 0) is 37.3 Å². The molecule has 0 radical (unpaired) electrons. The molecule has 5 atom stereocenters. The fraction of sp³-hybridized carbons (Fsp3) is 0.706. The SMILES string of the molecule is CC(C(=O)NCCN1C(=O)C2C3C=CC(C3)C2C1=O)C1CNC1. The van der Waals surface area contributed by atoms with E-state index < -0.39 is 0 Å². The van der Waals surface area contributed by atoms with Crippen LogP contribution >= 0.6 is 0 Å².